The molecule has 8 bridgehead atoms. The smallest absolute Gasteiger partial charge is 0.171 e. The molecule has 8 aliphatic rings. The molecular weight excluding hydrogens is 1630 g/mol. The average molecular weight is 1840 g/mol. The first-order chi connectivity index (χ1) is 59.0. The molecular formula is C126H210F6. The summed E-state index contributed by atoms with van der Waals surface area (Å²) in [5.74, 6) is 11.5. The minimum absolute atomic E-state index is 0.187. The lowest BCUT2D eigenvalue weighted by atomic mass is 9.43. The van der Waals surface area contributed by atoms with Crippen LogP contribution in [-0.2, 0) is 76.4 Å². The fraction of sp³-hybridized carbons (Fsp3) is 0.762. The van der Waals surface area contributed by atoms with E-state index in [1.165, 1.54) is 58.2 Å². The number of hydrogen-bond acceptors (Lipinski definition) is 0. The molecule has 0 aliphatic heterocycles. The third kappa shape index (κ3) is 35.5. The molecule has 0 saturated heterocycles. The van der Waals surface area contributed by atoms with E-state index in [9.17, 15) is 26.3 Å². The summed E-state index contributed by atoms with van der Waals surface area (Å²) in [6, 6.07) is 32.2. The molecule has 0 spiro atoms. The lowest BCUT2D eigenvalue weighted by Crippen LogP contribution is -2.51. The Morgan fingerprint density at radius 1 is 0.280 bits per heavy atom. The topological polar surface area (TPSA) is 0 Å². The predicted octanol–water partition coefficient (Wildman–Crippen LogP) is 40.4. The lowest BCUT2D eigenvalue weighted by molar-refractivity contribution is -0.211. The molecule has 0 radical (unpaired) electrons. The molecule has 5 aromatic rings. The summed E-state index contributed by atoms with van der Waals surface area (Å²) in [6.07, 6.45) is 13.9. The van der Waals surface area contributed by atoms with Gasteiger partial charge in [0.1, 0.15) is 0 Å². The Hall–Kier alpha value is -4.32. The molecule has 0 aromatic heterocycles. The second kappa shape index (κ2) is 44.7. The first-order valence-corrected chi connectivity index (χ1v) is 52.7. The summed E-state index contributed by atoms with van der Waals surface area (Å²) in [6.45, 7) is 108. The van der Waals surface area contributed by atoms with E-state index < -0.39 is 28.6 Å². The third-order valence-electron chi connectivity index (χ3n) is 29.9. The van der Waals surface area contributed by atoms with Crippen molar-refractivity contribution in [2.24, 2.45) is 102 Å². The summed E-state index contributed by atoms with van der Waals surface area (Å²) in [4.78, 5) is 0. The fourth-order valence-electron chi connectivity index (χ4n) is 24.4. The Balaban J connectivity index is 0.000000321. The fourth-order valence-corrected chi connectivity index (χ4v) is 24.4. The highest BCUT2D eigenvalue weighted by atomic mass is 19.4. The van der Waals surface area contributed by atoms with E-state index in [2.05, 4.69) is 364 Å². The van der Waals surface area contributed by atoms with E-state index in [1.54, 1.807) is 117 Å². The van der Waals surface area contributed by atoms with Gasteiger partial charge >= 0.3 is 12.4 Å². The van der Waals surface area contributed by atoms with Crippen molar-refractivity contribution >= 4 is 0 Å². The van der Waals surface area contributed by atoms with Crippen LogP contribution in [0.4, 0.5) is 26.3 Å². The van der Waals surface area contributed by atoms with E-state index in [-0.39, 0.29) is 45.3 Å². The van der Waals surface area contributed by atoms with Crippen molar-refractivity contribution in [3.8, 4) is 0 Å². The summed E-state index contributed by atoms with van der Waals surface area (Å²) in [5, 5.41) is 0. The summed E-state index contributed by atoms with van der Waals surface area (Å²) in [7, 11) is 0. The summed E-state index contributed by atoms with van der Waals surface area (Å²) >= 11 is 0. The quantitative estimate of drug-likeness (QED) is 0.109. The molecule has 6 heteroatoms. The normalized spacial score (nSPS) is 21.5. The first-order valence-electron chi connectivity index (χ1n) is 52.7. The highest BCUT2D eigenvalue weighted by Crippen LogP contribution is 2.66. The minimum atomic E-state index is -4.40. The maximum absolute atomic E-state index is 13.3. The van der Waals surface area contributed by atoms with Gasteiger partial charge in [-0.25, -0.2) is 0 Å². The summed E-state index contributed by atoms with van der Waals surface area (Å²) in [5.41, 5.74) is 19.8. The number of hydrogen-bond donors (Lipinski definition) is 0. The molecule has 756 valence electrons. The first kappa shape index (κ1) is 120. The van der Waals surface area contributed by atoms with Gasteiger partial charge in [-0.1, -0.05) is 437 Å². The monoisotopic (exact) mass is 1840 g/mol. The van der Waals surface area contributed by atoms with Crippen molar-refractivity contribution in [1.29, 1.82) is 0 Å². The van der Waals surface area contributed by atoms with E-state index in [1.807, 2.05) is 20.8 Å². The lowest BCUT2D eigenvalue weighted by Gasteiger charge is -2.62. The standard InChI is InChI=1S/C20H28F6.C20H34.2C18H30.C16H26.2C14H24.C6H14/c1-16(2,3)15-13(11-17(4,5)19(21,22)23)9-8-10-14(15)12-18(6,7)20(24,25)26;1-18(2,3)13-15-11-10-12-16(14-19(4,5)6)17(15)20(7,8)9;1-16(2,3)13-11-10-12-14(17(4,5)6)15(13)18(7,8)9;1-13(2)11-15-9-8-10-16(12-14(3)4)17(15)18(5,6)7;1-11(2)13-9-8-10-14(12(3)4)15(13)16(5,6)7;1-13(2,3)14-7-10-4-11(8-14)6-12(5-10)9-14;1-14(2,3)13-11-5-9-4-10(7-11)8-12(13)6-9;1-5-6(2,3)4/h8-10H,11-12H2,1-7H3;10-12H,13-14H2,1-9H3;10-12H,1-9H3;8-10,13-14H,11-12H2,1-7H3;8-12H,1-7H3;10-12H,4-9H2,1-3H3;9-13H,4-8H2,1-3H3;5H2,1-4H3. The molecule has 132 heavy (non-hydrogen) atoms. The van der Waals surface area contributed by atoms with Gasteiger partial charge in [0.15, 0.2) is 0 Å². The Morgan fingerprint density at radius 2 is 0.523 bits per heavy atom. The van der Waals surface area contributed by atoms with Crippen molar-refractivity contribution in [1.82, 2.24) is 0 Å². The maximum atomic E-state index is 13.3. The zero-order valence-corrected chi connectivity index (χ0v) is 95.6. The average Bonchev–Trinajstić information content (AvgIpc) is 0.725. The Kier molecular flexibility index (Phi) is 40.6. The third-order valence-corrected chi connectivity index (χ3v) is 29.9. The molecule has 8 fully saturated rings. The molecule has 0 amide bonds. The van der Waals surface area contributed by atoms with Crippen LogP contribution in [0, 0.1) is 102 Å². The molecule has 5 aromatic carbocycles. The van der Waals surface area contributed by atoms with Crippen LogP contribution in [-0.4, -0.2) is 12.4 Å². The van der Waals surface area contributed by atoms with E-state index in [0.29, 0.717) is 55.6 Å². The molecule has 0 atom stereocenters. The zero-order valence-electron chi connectivity index (χ0n) is 95.6. The van der Waals surface area contributed by atoms with Crippen LogP contribution in [0.1, 0.15) is 512 Å². The van der Waals surface area contributed by atoms with E-state index >= 15 is 0 Å². The highest BCUT2D eigenvalue weighted by Gasteiger charge is 2.57. The number of rotatable bonds is 12. The van der Waals surface area contributed by atoms with Crippen molar-refractivity contribution < 1.29 is 26.3 Å². The number of halogens is 6. The number of benzene rings is 5. The van der Waals surface area contributed by atoms with Gasteiger partial charge in [-0.3, -0.25) is 0 Å². The zero-order chi connectivity index (χ0) is 102. The SMILES string of the molecule is CC(C)(C)C12CC3CC(CC(C3)C1)C2.CC(C)(C)C1C2CC3CC(C2)CC1C3.CC(C)(C)Cc1cccc(CC(C)(C)C)c1C(C)(C)C.CC(C)(C)c1c(CC(C)(C)C(F)(F)F)cccc1CC(C)(C)C(F)(F)F.CC(C)(C)c1cccc(C(C)(C)C)c1C(C)(C)C.CC(C)Cc1cccc(CC(C)C)c1C(C)(C)C.CC(C)c1cccc(C(C)C)c1C(C)(C)C.CCC(C)(C)C. The molecule has 13 rings (SSSR count). The predicted molar refractivity (Wildman–Crippen MR) is 572 cm³/mol. The van der Waals surface area contributed by atoms with Gasteiger partial charge in [0.25, 0.3) is 0 Å². The van der Waals surface area contributed by atoms with Gasteiger partial charge in [0, 0.05) is 0 Å². The Morgan fingerprint density at radius 3 is 0.742 bits per heavy atom. The van der Waals surface area contributed by atoms with Crippen molar-refractivity contribution in [3.63, 3.8) is 0 Å². The molecule has 0 nitrogen and oxygen atoms in total. The van der Waals surface area contributed by atoms with E-state index in [4.69, 9.17) is 0 Å². The highest BCUT2D eigenvalue weighted by molar-refractivity contribution is 5.48. The van der Waals surface area contributed by atoms with Crippen LogP contribution in [0.25, 0.3) is 0 Å². The van der Waals surface area contributed by atoms with Crippen LogP contribution in [0.15, 0.2) is 91.0 Å². The van der Waals surface area contributed by atoms with Gasteiger partial charge in [-0.05, 0) is 334 Å². The van der Waals surface area contributed by atoms with Gasteiger partial charge in [0.05, 0.1) is 10.8 Å². The molecule has 0 N–H and O–H groups in total. The summed E-state index contributed by atoms with van der Waals surface area (Å²) < 4.78 is 80.0. The minimum Gasteiger partial charge on any atom is -0.171 e. The molecule has 8 saturated carbocycles. The molecule has 0 unspecified atom stereocenters. The van der Waals surface area contributed by atoms with Gasteiger partial charge in [0.2, 0.25) is 0 Å². The number of alkyl halides is 6. The van der Waals surface area contributed by atoms with Crippen molar-refractivity contribution in [2.45, 2.75) is 517 Å². The Labute approximate surface area is 815 Å². The van der Waals surface area contributed by atoms with Crippen molar-refractivity contribution in [2.75, 3.05) is 0 Å². The Bertz CT molecular complexity index is 4110. The van der Waals surface area contributed by atoms with Gasteiger partial charge in [-0.2, -0.15) is 26.3 Å². The molecule has 8 aliphatic carbocycles. The maximum Gasteiger partial charge on any atom is 0.394 e. The van der Waals surface area contributed by atoms with Gasteiger partial charge in [-0.15, -0.1) is 0 Å². The largest absolute Gasteiger partial charge is 0.394 e. The second-order valence-corrected chi connectivity index (χ2v) is 58.9. The van der Waals surface area contributed by atoms with E-state index in [0.717, 1.165) is 105 Å². The molecule has 0 heterocycles. The van der Waals surface area contributed by atoms with Crippen LogP contribution in [0.2, 0.25) is 0 Å². The van der Waals surface area contributed by atoms with Crippen molar-refractivity contribution in [3.05, 3.63) is 174 Å². The van der Waals surface area contributed by atoms with Crippen LogP contribution in [0.5, 0.6) is 0 Å². The van der Waals surface area contributed by atoms with Crippen LogP contribution >= 0.6 is 0 Å². The van der Waals surface area contributed by atoms with Crippen LogP contribution < -0.4 is 0 Å². The van der Waals surface area contributed by atoms with Crippen LogP contribution in [0.3, 0.4) is 0 Å². The van der Waals surface area contributed by atoms with Gasteiger partial charge < -0.3 is 0 Å². The second-order valence-electron chi connectivity index (χ2n) is 58.9.